The first kappa shape index (κ1) is 24.1. The molecule has 1 amide bonds. The molecular weight excluding hydrogens is 497 g/mol. The van der Waals surface area contributed by atoms with E-state index in [0.717, 1.165) is 49.9 Å². The van der Waals surface area contributed by atoms with Crippen molar-refractivity contribution >= 4 is 39.2 Å². The maximum Gasteiger partial charge on any atom is 0.261 e. The molecule has 2 bridgehead atoms. The largest absolute Gasteiger partial charge is 0.379 e. The van der Waals surface area contributed by atoms with Crippen LogP contribution in [0.1, 0.15) is 25.7 Å². The van der Waals surface area contributed by atoms with Gasteiger partial charge in [-0.1, -0.05) is 12.1 Å². The van der Waals surface area contributed by atoms with E-state index in [-0.39, 0.29) is 23.4 Å². The summed E-state index contributed by atoms with van der Waals surface area (Å²) in [5, 5.41) is 4.30. The van der Waals surface area contributed by atoms with Gasteiger partial charge in [-0.25, -0.2) is 9.37 Å². The molecule has 0 radical (unpaired) electrons. The normalized spacial score (nSPS) is 24.9. The molecule has 0 aliphatic carbocycles. The van der Waals surface area contributed by atoms with E-state index in [2.05, 4.69) is 20.2 Å². The van der Waals surface area contributed by atoms with E-state index in [1.54, 1.807) is 6.07 Å². The third-order valence-corrected chi connectivity index (χ3v) is 8.86. The molecule has 2 atom stereocenters. The lowest BCUT2D eigenvalue weighted by molar-refractivity contribution is -0.122. The number of nitrogens with one attached hydrogen (secondary N) is 3. The van der Waals surface area contributed by atoms with Crippen LogP contribution >= 0.6 is 0 Å². The van der Waals surface area contributed by atoms with Crippen LogP contribution in [0.2, 0.25) is 0 Å². The number of rotatable bonds is 5. The number of aromatic amines is 2. The van der Waals surface area contributed by atoms with Crippen molar-refractivity contribution in [2.45, 2.75) is 31.7 Å². The highest BCUT2D eigenvalue weighted by molar-refractivity contribution is 6.00. The van der Waals surface area contributed by atoms with Crippen molar-refractivity contribution in [1.29, 1.82) is 0 Å². The molecule has 2 aromatic carbocycles. The average molecular weight is 530 g/mol. The molecule has 4 fully saturated rings. The van der Waals surface area contributed by atoms with Crippen LogP contribution < -0.4 is 21.5 Å². The first-order valence-corrected chi connectivity index (χ1v) is 13.8. The van der Waals surface area contributed by atoms with Gasteiger partial charge >= 0.3 is 0 Å². The summed E-state index contributed by atoms with van der Waals surface area (Å²) in [6, 6.07) is 11.0. The van der Waals surface area contributed by atoms with E-state index in [1.807, 2.05) is 29.2 Å². The number of imidazole rings is 1. The number of nitrogens with zero attached hydrogens (tertiary/aromatic N) is 3. The zero-order chi connectivity index (χ0) is 26.7. The average Bonchev–Trinajstić information content (AvgIpc) is 3.37. The summed E-state index contributed by atoms with van der Waals surface area (Å²) in [6.07, 6.45) is 3.66. The van der Waals surface area contributed by atoms with Crippen molar-refractivity contribution in [3.05, 3.63) is 52.6 Å². The lowest BCUT2D eigenvalue weighted by atomic mass is 9.83. The van der Waals surface area contributed by atoms with Crippen LogP contribution in [0.15, 0.2) is 41.2 Å². The molecule has 0 saturated carbocycles. The zero-order valence-corrected chi connectivity index (χ0v) is 21.7. The van der Waals surface area contributed by atoms with Gasteiger partial charge < -0.3 is 30.8 Å². The van der Waals surface area contributed by atoms with Crippen molar-refractivity contribution in [3.63, 3.8) is 0 Å². The van der Waals surface area contributed by atoms with Gasteiger partial charge in [0, 0.05) is 31.1 Å². The molecule has 9 nitrogen and oxygen atoms in total. The fourth-order valence-corrected chi connectivity index (χ4v) is 6.74. The summed E-state index contributed by atoms with van der Waals surface area (Å²) in [5.74, 6) is -0.137. The Bertz CT molecular complexity index is 1610. The van der Waals surface area contributed by atoms with Crippen LogP contribution in [0.25, 0.3) is 33.3 Å². The van der Waals surface area contributed by atoms with Gasteiger partial charge in [0.2, 0.25) is 5.91 Å². The van der Waals surface area contributed by atoms with Gasteiger partial charge in [0.05, 0.1) is 33.8 Å². The molecule has 202 valence electrons. The smallest absolute Gasteiger partial charge is 0.261 e. The number of nitrogens with two attached hydrogens (primary N) is 1. The van der Waals surface area contributed by atoms with Crippen LogP contribution in [-0.2, 0) is 4.79 Å². The number of para-hydroxylation sites is 2. The van der Waals surface area contributed by atoms with E-state index in [1.165, 1.54) is 6.07 Å². The Morgan fingerprint density at radius 2 is 1.87 bits per heavy atom. The molecule has 1 unspecified atom stereocenters. The van der Waals surface area contributed by atoms with Crippen LogP contribution in [0.4, 0.5) is 15.8 Å². The standard InChI is InChI=1S/C29H32FN7O2/c30-19-12-18-22(13-24(19)37-9-3-4-17(14-37)27(31)38)35-29(39)25(28-33-20-5-1-2-6-21(20)34-28)26(18)32-23-15-36-10-7-16(23)8-11-36/h1-2,5-6,12-13,16-17,23H,3-4,7-11,14-15H2,(H2,31,38)(H,33,34)(H2,32,35,39)/t17?,23-/m1/s1. The van der Waals surface area contributed by atoms with E-state index >= 15 is 4.39 Å². The van der Waals surface area contributed by atoms with Gasteiger partial charge in [-0.05, 0) is 69.0 Å². The Kier molecular flexibility index (Phi) is 5.80. The highest BCUT2D eigenvalue weighted by atomic mass is 19.1. The Labute approximate surface area is 224 Å². The Balaban J connectivity index is 1.37. The number of amides is 1. The molecule has 8 rings (SSSR count). The lowest BCUT2D eigenvalue weighted by Crippen LogP contribution is -2.53. The van der Waals surface area contributed by atoms with E-state index in [4.69, 9.17) is 10.7 Å². The van der Waals surface area contributed by atoms with E-state index in [9.17, 15) is 9.59 Å². The predicted molar refractivity (Wildman–Crippen MR) is 150 cm³/mol. The summed E-state index contributed by atoms with van der Waals surface area (Å²) >= 11 is 0. The van der Waals surface area contributed by atoms with E-state index in [0.29, 0.717) is 59.1 Å². The molecule has 4 aliphatic rings. The molecule has 4 saturated heterocycles. The summed E-state index contributed by atoms with van der Waals surface area (Å²) in [5.41, 5.74) is 8.76. The monoisotopic (exact) mass is 529 g/mol. The third-order valence-electron chi connectivity index (χ3n) is 8.86. The summed E-state index contributed by atoms with van der Waals surface area (Å²) < 4.78 is 15.8. The Hall–Kier alpha value is -3.92. The van der Waals surface area contributed by atoms with Crippen molar-refractivity contribution < 1.29 is 9.18 Å². The number of primary amides is 1. The minimum Gasteiger partial charge on any atom is -0.379 e. The first-order chi connectivity index (χ1) is 18.9. The van der Waals surface area contributed by atoms with Crippen LogP contribution in [0.5, 0.6) is 0 Å². The summed E-state index contributed by atoms with van der Waals surface area (Å²) in [7, 11) is 0. The molecule has 5 N–H and O–H groups in total. The fraction of sp³-hybridized carbons (Fsp3) is 0.414. The highest BCUT2D eigenvalue weighted by Crippen LogP contribution is 2.38. The van der Waals surface area contributed by atoms with Crippen LogP contribution in [0.3, 0.4) is 0 Å². The maximum atomic E-state index is 15.8. The minimum absolute atomic E-state index is 0.154. The lowest BCUT2D eigenvalue weighted by Gasteiger charge is -2.45. The molecule has 6 heterocycles. The van der Waals surface area contributed by atoms with Gasteiger partial charge in [-0.15, -0.1) is 0 Å². The zero-order valence-electron chi connectivity index (χ0n) is 21.7. The molecule has 10 heteroatoms. The third kappa shape index (κ3) is 4.23. The van der Waals surface area contributed by atoms with Gasteiger partial charge in [0.1, 0.15) is 17.2 Å². The second kappa shape index (κ2) is 9.37. The highest BCUT2D eigenvalue weighted by Gasteiger charge is 2.35. The number of hydrogen-bond donors (Lipinski definition) is 4. The number of carbonyl (C=O) groups is 1. The topological polar surface area (TPSA) is 123 Å². The van der Waals surface area contributed by atoms with Crippen molar-refractivity contribution in [1.82, 2.24) is 19.9 Å². The second-order valence-electron chi connectivity index (χ2n) is 11.2. The number of benzene rings is 2. The SMILES string of the molecule is NC(=O)C1CCCN(c2cc3[nH]c(=O)c(-c4nc5ccccc5[nH]4)c(N[C@@H]4CN5CCC4CC5)c3cc2F)C1. The number of pyridine rings is 1. The minimum atomic E-state index is -0.396. The van der Waals surface area contributed by atoms with Crippen LogP contribution in [0, 0.1) is 17.7 Å². The molecular formula is C29H32FN7O2. The Morgan fingerprint density at radius 1 is 1.05 bits per heavy atom. The summed E-state index contributed by atoms with van der Waals surface area (Å²) in [4.78, 5) is 40.9. The molecule has 4 aromatic rings. The molecule has 0 spiro atoms. The number of fused-ring (bicyclic) bond motifs is 5. The molecule has 2 aromatic heterocycles. The second-order valence-corrected chi connectivity index (χ2v) is 11.2. The van der Waals surface area contributed by atoms with Crippen molar-refractivity contribution in [2.24, 2.45) is 17.6 Å². The predicted octanol–water partition coefficient (Wildman–Crippen LogP) is 3.42. The van der Waals surface area contributed by atoms with Crippen molar-refractivity contribution in [2.75, 3.05) is 42.9 Å². The molecule has 39 heavy (non-hydrogen) atoms. The summed E-state index contributed by atoms with van der Waals surface area (Å²) in [6.45, 7) is 4.06. The van der Waals surface area contributed by atoms with Crippen LogP contribution in [-0.4, -0.2) is 64.5 Å². The number of anilines is 2. The number of aromatic nitrogens is 3. The van der Waals surface area contributed by atoms with Gasteiger partial charge in [0.15, 0.2) is 0 Å². The first-order valence-electron chi connectivity index (χ1n) is 13.8. The van der Waals surface area contributed by atoms with E-state index < -0.39 is 5.82 Å². The maximum absolute atomic E-state index is 15.8. The number of halogens is 1. The van der Waals surface area contributed by atoms with Gasteiger partial charge in [-0.3, -0.25) is 9.59 Å². The quantitative estimate of drug-likeness (QED) is 0.314. The number of hydrogen-bond acceptors (Lipinski definition) is 6. The number of piperidine rings is 4. The molecule has 4 aliphatic heterocycles. The van der Waals surface area contributed by atoms with Crippen molar-refractivity contribution in [3.8, 4) is 11.4 Å². The number of carbonyl (C=O) groups excluding carboxylic acids is 1. The van der Waals surface area contributed by atoms with Gasteiger partial charge in [0.25, 0.3) is 5.56 Å². The Morgan fingerprint density at radius 3 is 2.62 bits per heavy atom. The number of H-pyrrole nitrogens is 2. The fourth-order valence-electron chi connectivity index (χ4n) is 6.74. The van der Waals surface area contributed by atoms with Gasteiger partial charge in [-0.2, -0.15) is 0 Å².